The Morgan fingerprint density at radius 1 is 0.293 bits per heavy atom. The number of carbonyl (C=O) groups is 9. The van der Waals surface area contributed by atoms with Crippen LogP contribution in [0.2, 0.25) is 0 Å². The van der Waals surface area contributed by atoms with Gasteiger partial charge in [0.15, 0.2) is 16.2 Å². The molecule has 0 aromatic heterocycles. The van der Waals surface area contributed by atoms with Crippen molar-refractivity contribution in [1.82, 2.24) is 0 Å². The van der Waals surface area contributed by atoms with Gasteiger partial charge < -0.3 is 102 Å². The standard InChI is InChI=1S/C93H156N6O24/c1-28-31-43-91(79(103)118-70-37-49-94(22,109)85(10,11)61(70)4,80(104)119-71-38-50-95(23,110)86(12,13)62(71)5)46-34-55-115-76(100)67-58-68(77(101)116-56-35-47-92(44-32-29-2,81(105)120-72-39-51-96(24,111)87(14,15)63(72)6)82(106)121-73-40-52-97(25,112)88(16,17)64(73)7)60-69(59-67)78(102)117-57-36-48-93(45-33-30-3,83(107)122-74-41-53-98(26,113)89(18,19)65(74)8)84(108)123-75-42-54-99(27,114)90(20,21)66(75)9/h58-66,70-75H,28-57H2,1-27H3. The fraction of sp³-hybridized carbons (Fsp3) is 0.839. The van der Waals surface area contributed by atoms with Crippen molar-refractivity contribution >= 4 is 53.7 Å². The molecule has 1 aromatic rings. The van der Waals surface area contributed by atoms with Gasteiger partial charge in [0.1, 0.15) is 36.6 Å². The Hall–Kier alpha value is -6.03. The van der Waals surface area contributed by atoms with Crippen LogP contribution in [0.25, 0.3) is 0 Å². The summed E-state index contributed by atoms with van der Waals surface area (Å²) < 4.78 is 53.0. The molecule has 0 radical (unpaired) electrons. The predicted molar refractivity (Wildman–Crippen MR) is 464 cm³/mol. The Kier molecular flexibility index (Phi) is 33.1. The molecule has 18 unspecified atom stereocenters. The first-order chi connectivity index (χ1) is 56.5. The number of nitrogens with zero attached hydrogens (tertiary/aromatic N) is 6. The maximum Gasteiger partial charge on any atom is 0.338 e. The lowest BCUT2D eigenvalue weighted by Gasteiger charge is -2.59. The number of rotatable bonds is 36. The Morgan fingerprint density at radius 3 is 0.585 bits per heavy atom. The number of carbonyl (C=O) groups excluding carboxylic acids is 9. The second kappa shape index (κ2) is 39.1. The maximum atomic E-state index is 15.3. The van der Waals surface area contributed by atoms with Crippen LogP contribution in [-0.2, 0) is 71.4 Å². The molecule has 702 valence electrons. The van der Waals surface area contributed by atoms with Gasteiger partial charge in [0.2, 0.25) is 0 Å². The normalized spacial score (nSPS) is 34.5. The van der Waals surface area contributed by atoms with Gasteiger partial charge >= 0.3 is 53.7 Å². The van der Waals surface area contributed by atoms with E-state index in [-0.39, 0.29) is 152 Å². The first kappa shape index (κ1) is 104. The molecule has 0 bridgehead atoms. The molecule has 0 spiro atoms. The summed E-state index contributed by atoms with van der Waals surface area (Å²) in [6, 6.07) is 3.43. The van der Waals surface area contributed by atoms with Crippen molar-refractivity contribution in [2.24, 2.45) is 51.8 Å². The largest absolute Gasteiger partial charge is 0.633 e. The van der Waals surface area contributed by atoms with Crippen molar-refractivity contribution in [2.45, 2.75) is 350 Å². The third kappa shape index (κ3) is 21.1. The molecule has 0 saturated carbocycles. The van der Waals surface area contributed by atoms with Crippen molar-refractivity contribution in [1.29, 1.82) is 0 Å². The summed E-state index contributed by atoms with van der Waals surface area (Å²) in [6.45, 7) is 38.0. The van der Waals surface area contributed by atoms with Crippen LogP contribution in [0.4, 0.5) is 0 Å². The Labute approximate surface area is 733 Å². The molecule has 1 aromatic carbocycles. The molecule has 6 fully saturated rings. The molecule has 7 rings (SSSR count). The van der Waals surface area contributed by atoms with Gasteiger partial charge in [0.05, 0.1) is 151 Å². The minimum Gasteiger partial charge on any atom is -0.633 e. The highest BCUT2D eigenvalue weighted by atomic mass is 16.6. The third-order valence-electron chi connectivity index (χ3n) is 33.7. The number of unbranched alkanes of at least 4 members (excludes halogenated alkanes) is 3. The van der Waals surface area contributed by atoms with Crippen LogP contribution in [0.15, 0.2) is 18.2 Å². The second-order valence-corrected chi connectivity index (χ2v) is 42.1. The number of hydrogen-bond donors (Lipinski definition) is 0. The number of hydrogen-bond acceptors (Lipinski definition) is 24. The van der Waals surface area contributed by atoms with Gasteiger partial charge in [-0.25, -0.2) is 14.4 Å². The van der Waals surface area contributed by atoms with Crippen LogP contribution in [-0.4, -0.2) is 253 Å². The third-order valence-corrected chi connectivity index (χ3v) is 33.7. The molecule has 30 nitrogen and oxygen atoms in total. The molecular formula is C93H156N6O24. The highest BCUT2D eigenvalue weighted by Crippen LogP contribution is 2.50. The van der Waals surface area contributed by atoms with Crippen molar-refractivity contribution in [3.8, 4) is 0 Å². The Bertz CT molecular complexity index is 3310. The summed E-state index contributed by atoms with van der Waals surface area (Å²) in [7, 11) is 9.48. The first-order valence-electron chi connectivity index (χ1n) is 45.8. The number of esters is 9. The van der Waals surface area contributed by atoms with E-state index in [1.807, 2.05) is 145 Å². The first-order valence-corrected chi connectivity index (χ1v) is 45.8. The zero-order valence-electron chi connectivity index (χ0n) is 79.9. The van der Waals surface area contributed by atoms with Crippen LogP contribution >= 0.6 is 0 Å². The monoisotopic (exact) mass is 1740 g/mol. The summed E-state index contributed by atoms with van der Waals surface area (Å²) in [5.74, 6) is -11.1. The van der Waals surface area contributed by atoms with Gasteiger partial charge in [-0.15, -0.1) is 0 Å². The van der Waals surface area contributed by atoms with E-state index in [0.29, 0.717) is 38.5 Å². The van der Waals surface area contributed by atoms with Crippen LogP contribution in [0.5, 0.6) is 0 Å². The fourth-order valence-electron chi connectivity index (χ4n) is 19.4. The van der Waals surface area contributed by atoms with E-state index in [9.17, 15) is 45.6 Å². The van der Waals surface area contributed by atoms with Crippen LogP contribution in [0.1, 0.15) is 311 Å². The van der Waals surface area contributed by atoms with Crippen LogP contribution in [0.3, 0.4) is 0 Å². The van der Waals surface area contributed by atoms with E-state index >= 15 is 28.8 Å². The smallest absolute Gasteiger partial charge is 0.338 e. The number of benzene rings is 1. The molecule has 123 heavy (non-hydrogen) atoms. The lowest BCUT2D eigenvalue weighted by molar-refractivity contribution is -0.921. The molecule has 18 atom stereocenters. The fourth-order valence-corrected chi connectivity index (χ4v) is 19.4. The predicted octanol–water partition coefficient (Wildman–Crippen LogP) is 15.1. The quantitative estimate of drug-likeness (QED) is 0.0150. The van der Waals surface area contributed by atoms with Crippen LogP contribution < -0.4 is 0 Å². The molecule has 6 saturated heterocycles. The lowest BCUT2D eigenvalue weighted by Crippen LogP contribution is -2.66. The molecule has 6 heterocycles. The Balaban J connectivity index is 1.24. The summed E-state index contributed by atoms with van der Waals surface area (Å²) in [4.78, 5) is 136. The molecule has 6 aliphatic rings. The number of ether oxygens (including phenoxy) is 9. The lowest BCUT2D eigenvalue weighted by atomic mass is 9.76. The van der Waals surface area contributed by atoms with Crippen molar-refractivity contribution in [2.75, 3.05) is 101 Å². The van der Waals surface area contributed by atoms with Gasteiger partial charge in [-0.1, -0.05) is 101 Å². The zero-order valence-corrected chi connectivity index (χ0v) is 79.9. The summed E-state index contributed by atoms with van der Waals surface area (Å²) >= 11 is 0. The maximum absolute atomic E-state index is 15.3. The molecule has 0 N–H and O–H groups in total. The highest BCUT2D eigenvalue weighted by Gasteiger charge is 2.61. The number of quaternary nitrogens is 6. The zero-order chi connectivity index (χ0) is 93.1. The summed E-state index contributed by atoms with van der Waals surface area (Å²) in [5.41, 5.74) is -12.4. The summed E-state index contributed by atoms with van der Waals surface area (Å²) in [5, 5.41) is 82.8. The van der Waals surface area contributed by atoms with E-state index in [0.717, 1.165) is 18.2 Å². The Morgan fingerprint density at radius 2 is 0.439 bits per heavy atom. The van der Waals surface area contributed by atoms with Crippen molar-refractivity contribution in [3.63, 3.8) is 0 Å². The van der Waals surface area contributed by atoms with E-state index < -0.39 is 223 Å². The van der Waals surface area contributed by atoms with E-state index in [1.165, 1.54) is 0 Å². The SMILES string of the molecule is CCCCC(CCCOC(=O)c1cc(C(=O)OCCCC(CCCC)(C(=O)OC2CC[N+](C)([O-])C(C)(C)C2C)C(=O)OC2CC[N+](C)([O-])C(C)(C)C2C)cc(C(=O)OCCCC(CCCC)(C(=O)OC2CC[N+](C)([O-])C(C)(C)C2C)C(=O)OC2CC[N+](C)([O-])C(C)(C)C2C)c1)(C(=O)OC1CC[N+](C)([O-])C(C)(C)C1C)C(=O)OC1CC[N+](C)([O-])C(C)(C)C1C. The number of piperidine rings is 6. The minimum absolute atomic E-state index is 0.0324. The number of likely N-dealkylation sites (tertiary alicyclic amines) is 6. The molecule has 0 aliphatic carbocycles. The highest BCUT2D eigenvalue weighted by molar-refractivity contribution is 6.03. The molecular weight excluding hydrogens is 1590 g/mol. The minimum atomic E-state index is -1.97. The van der Waals surface area contributed by atoms with Gasteiger partial charge in [0, 0.05) is 74.0 Å². The van der Waals surface area contributed by atoms with Gasteiger partial charge in [-0.05, 0) is 159 Å². The summed E-state index contributed by atoms with van der Waals surface area (Å²) in [6.07, 6.45) is -1.89. The van der Waals surface area contributed by atoms with Crippen molar-refractivity contribution in [3.05, 3.63) is 66.1 Å². The number of hydroxylamine groups is 18. The van der Waals surface area contributed by atoms with E-state index in [2.05, 4.69) is 0 Å². The molecule has 30 heteroatoms. The molecule has 0 amide bonds. The average Bonchev–Trinajstić information content (AvgIpc) is 0.775. The van der Waals surface area contributed by atoms with E-state index in [4.69, 9.17) is 42.6 Å². The van der Waals surface area contributed by atoms with Gasteiger partial charge in [-0.3, -0.25) is 28.8 Å². The topological polar surface area (TPSA) is 375 Å². The van der Waals surface area contributed by atoms with Crippen molar-refractivity contribution < 1.29 is 114 Å². The van der Waals surface area contributed by atoms with Crippen LogP contribution in [0, 0.1) is 83.0 Å². The van der Waals surface area contributed by atoms with E-state index in [1.54, 1.807) is 42.3 Å². The second-order valence-electron chi connectivity index (χ2n) is 42.1. The molecule has 6 aliphatic heterocycles. The average molecular weight is 1740 g/mol. The van der Waals surface area contributed by atoms with Gasteiger partial charge in [-0.2, -0.15) is 0 Å². The van der Waals surface area contributed by atoms with Gasteiger partial charge in [0.25, 0.3) is 0 Å².